The van der Waals surface area contributed by atoms with E-state index in [-0.39, 0.29) is 19.0 Å². The smallest absolute Gasteiger partial charge is 0.387 e. The summed E-state index contributed by atoms with van der Waals surface area (Å²) in [5.41, 5.74) is 4.47. The summed E-state index contributed by atoms with van der Waals surface area (Å²) in [5, 5.41) is 36.6. The summed E-state index contributed by atoms with van der Waals surface area (Å²) in [6, 6.07) is 10.4. The van der Waals surface area contributed by atoms with Gasteiger partial charge in [0.25, 0.3) is 0 Å². The number of aliphatic hydroxyl groups is 2. The van der Waals surface area contributed by atoms with Crippen LogP contribution in [0.15, 0.2) is 36.7 Å². The second-order valence-corrected chi connectivity index (χ2v) is 17.2. The average molecular weight is 804 g/mol. The van der Waals surface area contributed by atoms with Crippen LogP contribution in [0.2, 0.25) is 5.02 Å². The molecule has 5 N–H and O–H groups in total. The van der Waals surface area contributed by atoms with Crippen LogP contribution in [0.1, 0.15) is 146 Å². The highest BCUT2D eigenvalue weighted by molar-refractivity contribution is 7.47. The number of hydrogen-bond acceptors (Lipinski definition) is 11. The zero-order chi connectivity index (χ0) is 39.5. The summed E-state index contributed by atoms with van der Waals surface area (Å²) in [6.45, 7) is 3.62. The van der Waals surface area contributed by atoms with Gasteiger partial charge in [0.15, 0.2) is 11.4 Å². The molecule has 304 valence electrons. The molecule has 7 atom stereocenters. The van der Waals surface area contributed by atoms with E-state index >= 15 is 0 Å². The van der Waals surface area contributed by atoms with Crippen LogP contribution in [-0.4, -0.2) is 65.8 Å². The van der Waals surface area contributed by atoms with Crippen LogP contribution in [0, 0.1) is 11.3 Å². The minimum atomic E-state index is -4.76. The van der Waals surface area contributed by atoms with Gasteiger partial charge in [-0.3, -0.25) is 9.05 Å². The maximum absolute atomic E-state index is 13.3. The molecule has 1 aromatic carbocycles. The SMILES string of the molecule is CCCCCCCCCCCCCCCCCC[C@H](COP(=O)(O)OC1[C@@]2(C)O[C@@H](c3ccc4c(N)ncnn34)[C@H](O)[C@@]12O)OCc1cc(Cl)cc(C#N)c1. The molecular formula is C40H59ClN5O8P. The fourth-order valence-electron chi connectivity index (χ4n) is 7.80. The van der Waals surface area contributed by atoms with Gasteiger partial charge in [-0.05, 0) is 49.2 Å². The number of phosphoric acid groups is 1. The van der Waals surface area contributed by atoms with Gasteiger partial charge in [0.05, 0.1) is 36.6 Å². The van der Waals surface area contributed by atoms with Crippen molar-refractivity contribution in [3.63, 3.8) is 0 Å². The topological polar surface area (TPSA) is 195 Å². The molecule has 1 saturated heterocycles. The van der Waals surface area contributed by atoms with Crippen molar-refractivity contribution in [1.82, 2.24) is 14.6 Å². The lowest BCUT2D eigenvalue weighted by Crippen LogP contribution is -2.35. The van der Waals surface area contributed by atoms with Gasteiger partial charge in [-0.1, -0.05) is 121 Å². The van der Waals surface area contributed by atoms with Gasteiger partial charge < -0.3 is 30.3 Å². The Labute approximate surface area is 330 Å². The van der Waals surface area contributed by atoms with Crippen LogP contribution in [-0.2, 0) is 29.7 Å². The second-order valence-electron chi connectivity index (χ2n) is 15.4. The van der Waals surface area contributed by atoms with Gasteiger partial charge >= 0.3 is 7.82 Å². The number of ether oxygens (including phenoxy) is 2. The minimum Gasteiger partial charge on any atom is -0.387 e. The first-order chi connectivity index (χ1) is 26.4. The highest BCUT2D eigenvalue weighted by atomic mass is 35.5. The summed E-state index contributed by atoms with van der Waals surface area (Å²) >= 11 is 6.20. The normalized spacial score (nSPS) is 24.8. The van der Waals surface area contributed by atoms with E-state index in [0.29, 0.717) is 33.8 Å². The molecule has 3 heterocycles. The highest BCUT2D eigenvalue weighted by Gasteiger charge is 2.87. The van der Waals surface area contributed by atoms with Crippen molar-refractivity contribution in [3.8, 4) is 6.07 Å². The van der Waals surface area contributed by atoms with Gasteiger partial charge in [0, 0.05) is 5.02 Å². The van der Waals surface area contributed by atoms with E-state index in [4.69, 9.17) is 35.9 Å². The van der Waals surface area contributed by atoms with Crippen LogP contribution in [0.4, 0.5) is 5.82 Å². The number of nitrogens with zero attached hydrogens (tertiary/aromatic N) is 4. The van der Waals surface area contributed by atoms with Gasteiger partial charge in [0.2, 0.25) is 0 Å². The zero-order valence-electron chi connectivity index (χ0n) is 32.3. The molecule has 2 unspecified atom stereocenters. The Morgan fingerprint density at radius 3 is 2.22 bits per heavy atom. The fraction of sp³-hybridized carbons (Fsp3) is 0.675. The van der Waals surface area contributed by atoms with Crippen LogP contribution < -0.4 is 5.73 Å². The number of anilines is 1. The van der Waals surface area contributed by atoms with E-state index in [9.17, 15) is 24.9 Å². The van der Waals surface area contributed by atoms with Crippen molar-refractivity contribution >= 4 is 30.8 Å². The standard InChI is InChI=1S/C40H59ClN5O8P/c1-3-4-5-6-7-8-9-10-11-12-13-14-15-16-17-18-19-32(51-26-30-22-29(25-42)23-31(41)24-30)27-52-55(49,50)54-38-39(2)40(38,48)36(47)35(53-39)33-20-21-34-37(43)44-28-45-46(33)34/h20-24,28,32,35-36,38,47-48H,3-19,26-27H2,1-2H3,(H,49,50)(H2,43,44,45)/t32-,35+,36+,38?,39-,40-/m1/s1. The van der Waals surface area contributed by atoms with Crippen molar-refractivity contribution in [3.05, 3.63) is 58.5 Å². The Balaban J connectivity index is 1.06. The number of phosphoric ester groups is 1. The molecule has 1 aliphatic carbocycles. The Bertz CT molecular complexity index is 1770. The number of hydrogen-bond donors (Lipinski definition) is 4. The number of nitrogen functional groups attached to an aromatic ring is 1. The highest BCUT2D eigenvalue weighted by Crippen LogP contribution is 2.68. The van der Waals surface area contributed by atoms with Crippen LogP contribution in [0.3, 0.4) is 0 Å². The number of nitriles is 1. The van der Waals surface area contributed by atoms with Crippen molar-refractivity contribution < 1.29 is 38.2 Å². The van der Waals surface area contributed by atoms with Gasteiger partial charge in [-0.2, -0.15) is 10.4 Å². The lowest BCUT2D eigenvalue weighted by atomic mass is 10.0. The molecule has 15 heteroatoms. The van der Waals surface area contributed by atoms with Crippen molar-refractivity contribution in [1.29, 1.82) is 5.26 Å². The largest absolute Gasteiger partial charge is 0.472 e. The first-order valence-corrected chi connectivity index (χ1v) is 21.9. The first kappa shape index (κ1) is 43.5. The molecule has 0 spiro atoms. The third kappa shape index (κ3) is 11.1. The minimum absolute atomic E-state index is 0.117. The second kappa shape index (κ2) is 20.2. The van der Waals surface area contributed by atoms with E-state index < -0.39 is 43.4 Å². The molecule has 2 aliphatic rings. The fourth-order valence-corrected chi connectivity index (χ4v) is 9.11. The number of rotatable bonds is 26. The molecule has 2 fully saturated rings. The Morgan fingerprint density at radius 1 is 1.02 bits per heavy atom. The third-order valence-corrected chi connectivity index (χ3v) is 12.3. The van der Waals surface area contributed by atoms with Gasteiger partial charge in [0.1, 0.15) is 35.8 Å². The Morgan fingerprint density at radius 2 is 1.64 bits per heavy atom. The molecule has 55 heavy (non-hydrogen) atoms. The molecular weight excluding hydrogens is 745 g/mol. The van der Waals surface area contributed by atoms with Crippen molar-refractivity contribution in [2.45, 2.75) is 165 Å². The van der Waals surface area contributed by atoms with Crippen molar-refractivity contribution in [2.24, 2.45) is 0 Å². The summed E-state index contributed by atoms with van der Waals surface area (Å²) in [6.07, 6.45) is 17.4. The number of aromatic nitrogens is 3. The summed E-state index contributed by atoms with van der Waals surface area (Å²) in [5.74, 6) is 0.236. The van der Waals surface area contributed by atoms with Crippen molar-refractivity contribution in [2.75, 3.05) is 12.3 Å². The molecule has 0 bridgehead atoms. The number of unbranched alkanes of at least 4 members (excludes halogenated alkanes) is 15. The van der Waals surface area contributed by atoms with E-state index in [1.807, 2.05) is 0 Å². The number of benzene rings is 1. The molecule has 1 aliphatic heterocycles. The monoisotopic (exact) mass is 803 g/mol. The number of nitrogens with two attached hydrogens (primary N) is 1. The third-order valence-electron chi connectivity index (χ3n) is 11.1. The van der Waals surface area contributed by atoms with Gasteiger partial charge in [-0.25, -0.2) is 14.1 Å². The lowest BCUT2D eigenvalue weighted by Gasteiger charge is -2.24. The van der Waals surface area contributed by atoms with E-state index in [1.165, 1.54) is 101 Å². The lowest BCUT2D eigenvalue weighted by molar-refractivity contribution is -0.0816. The van der Waals surface area contributed by atoms with E-state index in [0.717, 1.165) is 19.3 Å². The first-order valence-electron chi connectivity index (χ1n) is 20.1. The quantitative estimate of drug-likeness (QED) is 0.0447. The molecule has 3 aromatic rings. The van der Waals surface area contributed by atoms with Crippen LogP contribution >= 0.6 is 19.4 Å². The number of halogens is 1. The number of fused-ring (bicyclic) bond motifs is 2. The molecule has 0 amide bonds. The van der Waals surface area contributed by atoms with Crippen LogP contribution in [0.5, 0.6) is 0 Å². The maximum atomic E-state index is 13.3. The predicted octanol–water partition coefficient (Wildman–Crippen LogP) is 8.51. The predicted molar refractivity (Wildman–Crippen MR) is 210 cm³/mol. The maximum Gasteiger partial charge on any atom is 0.472 e. The van der Waals surface area contributed by atoms with E-state index in [1.54, 1.807) is 30.3 Å². The van der Waals surface area contributed by atoms with Crippen LogP contribution in [0.25, 0.3) is 5.52 Å². The Kier molecular flexibility index (Phi) is 16.0. The molecule has 2 aromatic heterocycles. The summed E-state index contributed by atoms with van der Waals surface area (Å²) < 4.78 is 37.8. The Hall–Kier alpha value is -2.63. The average Bonchev–Trinajstić information content (AvgIpc) is 3.42. The molecule has 0 radical (unpaired) electrons. The zero-order valence-corrected chi connectivity index (χ0v) is 33.9. The number of aliphatic hydroxyl groups excluding tert-OH is 1. The van der Waals surface area contributed by atoms with E-state index in [2.05, 4.69) is 23.1 Å². The molecule has 5 rings (SSSR count). The van der Waals surface area contributed by atoms with Gasteiger partial charge in [-0.15, -0.1) is 0 Å². The summed E-state index contributed by atoms with van der Waals surface area (Å²) in [7, 11) is -4.76. The summed E-state index contributed by atoms with van der Waals surface area (Å²) in [4.78, 5) is 14.8. The molecule has 13 nitrogen and oxygen atoms in total. The molecule has 1 saturated carbocycles.